The van der Waals surface area contributed by atoms with Crippen molar-refractivity contribution >= 4 is 5.91 Å². The first-order chi connectivity index (χ1) is 13.7. The summed E-state index contributed by atoms with van der Waals surface area (Å²) in [5, 5.41) is 3.41. The molecule has 1 aliphatic heterocycles. The molecule has 0 aliphatic carbocycles. The number of alkyl halides is 3. The second-order valence-corrected chi connectivity index (χ2v) is 6.78. The van der Waals surface area contributed by atoms with E-state index in [-0.39, 0.29) is 11.8 Å². The van der Waals surface area contributed by atoms with Gasteiger partial charge in [0.1, 0.15) is 17.8 Å². The molecule has 1 amide bonds. The van der Waals surface area contributed by atoms with E-state index in [0.717, 1.165) is 0 Å². The number of hydrogen-bond donors (Lipinski definition) is 0. The van der Waals surface area contributed by atoms with E-state index in [1.165, 1.54) is 13.3 Å². The monoisotopic (exact) mass is 414 g/mol. The molecule has 0 N–H and O–H groups in total. The number of carbonyl (C=O) groups excluding carboxylic acids is 1. The lowest BCUT2D eigenvalue weighted by molar-refractivity contribution is -0.145. The highest BCUT2D eigenvalue weighted by molar-refractivity contribution is 5.81. The molecule has 1 aliphatic rings. The molecule has 11 heteroatoms. The van der Waals surface area contributed by atoms with E-state index >= 15 is 0 Å². The molecular formula is C18H21F3N4O4. The second kappa shape index (κ2) is 8.36. The summed E-state index contributed by atoms with van der Waals surface area (Å²) in [6.07, 6.45) is -2.68. The molecule has 0 saturated carbocycles. The van der Waals surface area contributed by atoms with E-state index in [9.17, 15) is 18.0 Å². The van der Waals surface area contributed by atoms with Crippen molar-refractivity contribution in [2.24, 2.45) is 0 Å². The summed E-state index contributed by atoms with van der Waals surface area (Å²) in [5.41, 5.74) is -1.03. The van der Waals surface area contributed by atoms with Crippen LogP contribution >= 0.6 is 0 Å². The zero-order valence-electron chi connectivity index (χ0n) is 16.0. The number of halogens is 3. The number of hydrogen-bond acceptors (Lipinski definition) is 7. The van der Waals surface area contributed by atoms with Crippen LogP contribution in [0.2, 0.25) is 0 Å². The largest absolute Gasteiger partial charge is 0.479 e. The number of likely N-dealkylation sites (tertiary alicyclic amines) is 1. The van der Waals surface area contributed by atoms with Gasteiger partial charge in [0.25, 0.3) is 11.8 Å². The highest BCUT2D eigenvalue weighted by Gasteiger charge is 2.43. The zero-order valence-corrected chi connectivity index (χ0v) is 16.0. The van der Waals surface area contributed by atoms with Crippen molar-refractivity contribution in [3.8, 4) is 5.75 Å². The number of nitrogens with zero attached hydrogens (tertiary/aromatic N) is 4. The van der Waals surface area contributed by atoms with Crippen LogP contribution in [0.5, 0.6) is 5.75 Å². The molecule has 1 atom stereocenters. The van der Waals surface area contributed by atoms with Gasteiger partial charge in [0.05, 0.1) is 6.20 Å². The van der Waals surface area contributed by atoms with Crippen molar-refractivity contribution in [2.75, 3.05) is 20.2 Å². The van der Waals surface area contributed by atoms with Gasteiger partial charge in [-0.2, -0.15) is 18.2 Å². The number of ether oxygens (including phenoxy) is 2. The van der Waals surface area contributed by atoms with Crippen molar-refractivity contribution < 1.29 is 32.0 Å². The number of piperidine rings is 1. The van der Waals surface area contributed by atoms with Crippen molar-refractivity contribution in [2.45, 2.75) is 44.1 Å². The normalized spacial score (nSPS) is 17.8. The number of aromatic nitrogens is 3. The molecule has 1 fully saturated rings. The van der Waals surface area contributed by atoms with Gasteiger partial charge in [0.2, 0.25) is 0 Å². The van der Waals surface area contributed by atoms with Gasteiger partial charge in [0, 0.05) is 39.2 Å². The van der Waals surface area contributed by atoms with E-state index in [4.69, 9.17) is 14.0 Å². The molecular weight excluding hydrogens is 393 g/mol. The number of carbonyl (C=O) groups is 1. The Hall–Kier alpha value is -2.69. The van der Waals surface area contributed by atoms with Crippen LogP contribution in [0.25, 0.3) is 0 Å². The summed E-state index contributed by atoms with van der Waals surface area (Å²) in [6.45, 7) is 2.27. The summed E-state index contributed by atoms with van der Waals surface area (Å²) in [6, 6.07) is 3.41. The van der Waals surface area contributed by atoms with Gasteiger partial charge >= 0.3 is 6.18 Å². The second-order valence-electron chi connectivity index (χ2n) is 6.78. The Morgan fingerprint density at radius 1 is 1.38 bits per heavy atom. The molecule has 29 heavy (non-hydrogen) atoms. The summed E-state index contributed by atoms with van der Waals surface area (Å²) >= 11 is 0. The van der Waals surface area contributed by atoms with E-state index in [0.29, 0.717) is 31.7 Å². The van der Waals surface area contributed by atoms with Gasteiger partial charge < -0.3 is 18.9 Å². The molecule has 0 unspecified atom stereocenters. The molecule has 3 heterocycles. The van der Waals surface area contributed by atoms with E-state index in [1.54, 1.807) is 30.2 Å². The predicted octanol–water partition coefficient (Wildman–Crippen LogP) is 2.50. The molecule has 158 valence electrons. The van der Waals surface area contributed by atoms with Gasteiger partial charge in [-0.15, -0.1) is 0 Å². The minimum atomic E-state index is -4.43. The topological polar surface area (TPSA) is 90.6 Å². The highest BCUT2D eigenvalue weighted by atomic mass is 19.4. The maximum Gasteiger partial charge on any atom is 0.396 e. The molecule has 0 aromatic carbocycles. The lowest BCUT2D eigenvalue weighted by Crippen LogP contribution is -2.49. The van der Waals surface area contributed by atoms with Crippen LogP contribution in [0.15, 0.2) is 29.0 Å². The van der Waals surface area contributed by atoms with Crippen LogP contribution < -0.4 is 4.74 Å². The van der Waals surface area contributed by atoms with Crippen LogP contribution in [-0.2, 0) is 21.6 Å². The Bertz CT molecular complexity index is 820. The SMILES string of the molecule is COC1(c2nc(CC(F)(F)F)no2)CCN(C(=O)[C@H](C)Oc2cccnc2)CC1. The smallest absolute Gasteiger partial charge is 0.396 e. The molecule has 2 aromatic rings. The molecule has 8 nitrogen and oxygen atoms in total. The average molecular weight is 414 g/mol. The van der Waals surface area contributed by atoms with Crippen LogP contribution in [0, 0.1) is 0 Å². The summed E-state index contributed by atoms with van der Waals surface area (Å²) in [7, 11) is 1.43. The quantitative estimate of drug-likeness (QED) is 0.717. The predicted molar refractivity (Wildman–Crippen MR) is 92.9 cm³/mol. The summed E-state index contributed by atoms with van der Waals surface area (Å²) in [5.74, 6) is -0.173. The Morgan fingerprint density at radius 3 is 2.69 bits per heavy atom. The van der Waals surface area contributed by atoms with Gasteiger partial charge in [-0.3, -0.25) is 9.78 Å². The van der Waals surface area contributed by atoms with Crippen molar-refractivity contribution in [1.82, 2.24) is 20.0 Å². The van der Waals surface area contributed by atoms with E-state index in [2.05, 4.69) is 15.1 Å². The third-order valence-corrected chi connectivity index (χ3v) is 4.78. The maximum absolute atomic E-state index is 12.7. The minimum absolute atomic E-state index is 0.00833. The van der Waals surface area contributed by atoms with E-state index in [1.807, 2.05) is 0 Å². The van der Waals surface area contributed by atoms with Crippen LogP contribution in [0.1, 0.15) is 31.5 Å². The van der Waals surface area contributed by atoms with E-state index < -0.39 is 30.1 Å². The molecule has 1 saturated heterocycles. The lowest BCUT2D eigenvalue weighted by Gasteiger charge is -2.39. The Morgan fingerprint density at radius 2 is 2.10 bits per heavy atom. The summed E-state index contributed by atoms with van der Waals surface area (Å²) in [4.78, 5) is 22.1. The van der Waals surface area contributed by atoms with Crippen molar-refractivity contribution in [3.05, 3.63) is 36.2 Å². The Labute approximate surface area is 165 Å². The van der Waals surface area contributed by atoms with Gasteiger partial charge in [-0.05, 0) is 19.1 Å². The Balaban J connectivity index is 1.62. The first kappa shape index (κ1) is 21.0. The fourth-order valence-electron chi connectivity index (χ4n) is 3.21. The number of pyridine rings is 1. The van der Waals surface area contributed by atoms with Crippen LogP contribution in [0.3, 0.4) is 0 Å². The number of methoxy groups -OCH3 is 1. The fraction of sp³-hybridized carbons (Fsp3) is 0.556. The minimum Gasteiger partial charge on any atom is -0.479 e. The average Bonchev–Trinajstić information content (AvgIpc) is 3.15. The van der Waals surface area contributed by atoms with Gasteiger partial charge in [0.15, 0.2) is 11.9 Å². The molecule has 0 radical (unpaired) electrons. The summed E-state index contributed by atoms with van der Waals surface area (Å²) < 4.78 is 53.8. The third-order valence-electron chi connectivity index (χ3n) is 4.78. The third kappa shape index (κ3) is 5.03. The number of amides is 1. The molecule has 3 rings (SSSR count). The van der Waals surface area contributed by atoms with Crippen molar-refractivity contribution in [1.29, 1.82) is 0 Å². The van der Waals surface area contributed by atoms with Gasteiger partial charge in [-0.25, -0.2) is 0 Å². The number of rotatable bonds is 6. The first-order valence-electron chi connectivity index (χ1n) is 9.03. The van der Waals surface area contributed by atoms with Crippen molar-refractivity contribution in [3.63, 3.8) is 0 Å². The Kier molecular flexibility index (Phi) is 6.06. The standard InChI is InChI=1S/C18H21F3N4O4/c1-12(28-13-4-3-7-22-11-13)15(26)25-8-5-17(27-2,6-9-25)16-23-14(24-29-16)10-18(19,20)21/h3-4,7,11-12H,5-6,8-10H2,1-2H3/t12-/m0/s1. The maximum atomic E-state index is 12.7. The first-order valence-corrected chi connectivity index (χ1v) is 9.03. The molecule has 0 bridgehead atoms. The fourth-order valence-corrected chi connectivity index (χ4v) is 3.21. The molecule has 0 spiro atoms. The zero-order chi connectivity index (χ0) is 21.1. The van der Waals surface area contributed by atoms with Crippen LogP contribution in [-0.4, -0.2) is 58.4 Å². The molecule has 2 aromatic heterocycles. The van der Waals surface area contributed by atoms with Crippen LogP contribution in [0.4, 0.5) is 13.2 Å². The lowest BCUT2D eigenvalue weighted by atomic mass is 9.90. The highest BCUT2D eigenvalue weighted by Crippen LogP contribution is 2.36. The van der Waals surface area contributed by atoms with Gasteiger partial charge in [-0.1, -0.05) is 5.16 Å².